The molecule has 2 heterocycles. The summed E-state index contributed by atoms with van der Waals surface area (Å²) in [5.74, 6) is 1.88. The first-order chi connectivity index (χ1) is 16.6. The molecule has 5 heteroatoms. The predicted molar refractivity (Wildman–Crippen MR) is 138 cm³/mol. The SMILES string of the molecule is CCC1C=C(OCc2ccc(-c3ccccc3)c(Cl)c2)C2=C(CCCC2)N1c1onc(C)c1C. The van der Waals surface area contributed by atoms with Gasteiger partial charge in [-0.1, -0.05) is 66.1 Å². The fraction of sp³-hybridized carbons (Fsp3) is 0.345. The largest absolute Gasteiger partial charge is 0.489 e. The van der Waals surface area contributed by atoms with Crippen LogP contribution in [0.15, 0.2) is 76.2 Å². The fourth-order valence-electron chi connectivity index (χ4n) is 4.97. The maximum Gasteiger partial charge on any atom is 0.235 e. The number of ether oxygens (including phenoxy) is 1. The molecule has 2 aliphatic rings. The van der Waals surface area contributed by atoms with Gasteiger partial charge in [0.2, 0.25) is 5.88 Å². The van der Waals surface area contributed by atoms with Gasteiger partial charge in [0, 0.05) is 27.4 Å². The summed E-state index contributed by atoms with van der Waals surface area (Å²) in [4.78, 5) is 2.36. The molecule has 0 spiro atoms. The average Bonchev–Trinajstić information content (AvgIpc) is 3.20. The lowest BCUT2D eigenvalue weighted by molar-refractivity contribution is 0.199. The topological polar surface area (TPSA) is 38.5 Å². The van der Waals surface area contributed by atoms with Gasteiger partial charge in [-0.2, -0.15) is 0 Å². The molecule has 0 bridgehead atoms. The van der Waals surface area contributed by atoms with Crippen LogP contribution in [0.25, 0.3) is 11.1 Å². The van der Waals surface area contributed by atoms with Crippen molar-refractivity contribution in [3.63, 3.8) is 0 Å². The maximum atomic E-state index is 6.64. The second-order valence-corrected chi connectivity index (χ2v) is 9.58. The molecule has 0 fully saturated rings. The van der Waals surface area contributed by atoms with Gasteiger partial charge in [-0.25, -0.2) is 0 Å². The zero-order chi connectivity index (χ0) is 23.7. The van der Waals surface area contributed by atoms with Crippen LogP contribution in [0.2, 0.25) is 5.02 Å². The summed E-state index contributed by atoms with van der Waals surface area (Å²) in [6.07, 6.45) is 7.64. The number of aryl methyl sites for hydroxylation is 1. The van der Waals surface area contributed by atoms with E-state index >= 15 is 0 Å². The van der Waals surface area contributed by atoms with Crippen molar-refractivity contribution in [1.82, 2.24) is 5.16 Å². The Morgan fingerprint density at radius 1 is 1.09 bits per heavy atom. The quantitative estimate of drug-likeness (QED) is 0.361. The van der Waals surface area contributed by atoms with E-state index in [9.17, 15) is 0 Å². The minimum absolute atomic E-state index is 0.182. The van der Waals surface area contributed by atoms with Gasteiger partial charge < -0.3 is 14.2 Å². The summed E-state index contributed by atoms with van der Waals surface area (Å²) in [5.41, 5.74) is 7.92. The zero-order valence-electron chi connectivity index (χ0n) is 20.1. The first kappa shape index (κ1) is 22.8. The Balaban J connectivity index is 1.40. The van der Waals surface area contributed by atoms with Crippen molar-refractivity contribution in [3.8, 4) is 11.1 Å². The Kier molecular flexibility index (Phi) is 6.51. The van der Waals surface area contributed by atoms with Crippen LogP contribution in [-0.4, -0.2) is 11.2 Å². The molecule has 1 aliphatic heterocycles. The lowest BCUT2D eigenvalue weighted by atomic mass is 9.89. The molecule has 2 aromatic carbocycles. The van der Waals surface area contributed by atoms with Crippen LogP contribution in [0, 0.1) is 13.8 Å². The Hall–Kier alpha value is -2.98. The second kappa shape index (κ2) is 9.71. The number of allylic oxidation sites excluding steroid dienone is 2. The van der Waals surface area contributed by atoms with Crippen LogP contribution in [-0.2, 0) is 11.3 Å². The first-order valence-corrected chi connectivity index (χ1v) is 12.6. The van der Waals surface area contributed by atoms with E-state index in [0.29, 0.717) is 6.61 Å². The molecule has 0 amide bonds. The van der Waals surface area contributed by atoms with Crippen LogP contribution in [0.3, 0.4) is 0 Å². The summed E-state index contributed by atoms with van der Waals surface area (Å²) >= 11 is 6.64. The van der Waals surface area contributed by atoms with Crippen molar-refractivity contribution < 1.29 is 9.26 Å². The van der Waals surface area contributed by atoms with Crippen LogP contribution in [0.1, 0.15) is 55.8 Å². The number of benzene rings is 2. The van der Waals surface area contributed by atoms with Gasteiger partial charge in [0.25, 0.3) is 0 Å². The van der Waals surface area contributed by atoms with Crippen molar-refractivity contribution in [2.24, 2.45) is 0 Å². The molecule has 1 aromatic heterocycles. The van der Waals surface area contributed by atoms with Crippen molar-refractivity contribution >= 4 is 17.5 Å². The van der Waals surface area contributed by atoms with E-state index in [-0.39, 0.29) is 6.04 Å². The van der Waals surface area contributed by atoms with Crippen LogP contribution >= 0.6 is 11.6 Å². The third-order valence-electron chi connectivity index (χ3n) is 6.98. The van der Waals surface area contributed by atoms with E-state index in [2.05, 4.69) is 54.2 Å². The van der Waals surface area contributed by atoms with E-state index in [0.717, 1.165) is 63.9 Å². The van der Waals surface area contributed by atoms with Gasteiger partial charge in [0.15, 0.2) is 0 Å². The first-order valence-electron chi connectivity index (χ1n) is 12.2. The molecule has 5 rings (SSSR count). The van der Waals surface area contributed by atoms with E-state index in [1.54, 1.807) is 0 Å². The molecule has 34 heavy (non-hydrogen) atoms. The maximum absolute atomic E-state index is 6.64. The molecular weight excluding hydrogens is 444 g/mol. The number of halogens is 1. The van der Waals surface area contributed by atoms with Crippen molar-refractivity contribution in [2.75, 3.05) is 4.90 Å². The lowest BCUT2D eigenvalue weighted by Gasteiger charge is -2.39. The molecule has 1 unspecified atom stereocenters. The van der Waals surface area contributed by atoms with Gasteiger partial charge in [-0.3, -0.25) is 0 Å². The van der Waals surface area contributed by atoms with E-state index in [1.807, 2.05) is 31.2 Å². The average molecular weight is 475 g/mol. The minimum Gasteiger partial charge on any atom is -0.489 e. The van der Waals surface area contributed by atoms with Crippen LogP contribution in [0.4, 0.5) is 5.88 Å². The summed E-state index contributed by atoms with van der Waals surface area (Å²) < 4.78 is 12.3. The molecular formula is C29H31ClN2O2. The van der Waals surface area contributed by atoms with Gasteiger partial charge in [-0.15, -0.1) is 0 Å². The Morgan fingerprint density at radius 3 is 2.59 bits per heavy atom. The minimum atomic E-state index is 0.182. The van der Waals surface area contributed by atoms with Crippen LogP contribution in [0.5, 0.6) is 0 Å². The predicted octanol–water partition coefficient (Wildman–Crippen LogP) is 8.14. The molecule has 0 N–H and O–H groups in total. The Labute approximate surface area is 206 Å². The zero-order valence-corrected chi connectivity index (χ0v) is 20.9. The molecule has 0 radical (unpaired) electrons. The molecule has 0 saturated heterocycles. The highest BCUT2D eigenvalue weighted by atomic mass is 35.5. The van der Waals surface area contributed by atoms with Crippen LogP contribution < -0.4 is 4.90 Å². The van der Waals surface area contributed by atoms with Gasteiger partial charge in [0.1, 0.15) is 12.4 Å². The highest BCUT2D eigenvalue weighted by molar-refractivity contribution is 6.33. The molecule has 1 aliphatic carbocycles. The standard InChI is InChI=1S/C29H31ClN2O2/c1-4-23-17-28(25-12-8-9-13-27(25)32(23)29-19(2)20(3)31-34-29)33-18-21-14-15-24(26(30)16-21)22-10-6-5-7-11-22/h5-7,10-11,14-17,23H,4,8-9,12-13,18H2,1-3H3. The highest BCUT2D eigenvalue weighted by Crippen LogP contribution is 2.42. The van der Waals surface area contributed by atoms with Crippen molar-refractivity contribution in [1.29, 1.82) is 0 Å². The molecule has 1 atom stereocenters. The molecule has 3 aromatic rings. The number of aromatic nitrogens is 1. The number of anilines is 1. The molecule has 176 valence electrons. The second-order valence-electron chi connectivity index (χ2n) is 9.18. The third kappa shape index (κ3) is 4.27. The summed E-state index contributed by atoms with van der Waals surface area (Å²) in [6, 6.07) is 16.6. The number of hydrogen-bond donors (Lipinski definition) is 0. The summed E-state index contributed by atoms with van der Waals surface area (Å²) in [6.45, 7) is 6.80. The molecule has 4 nitrogen and oxygen atoms in total. The lowest BCUT2D eigenvalue weighted by Crippen LogP contribution is -2.38. The van der Waals surface area contributed by atoms with Gasteiger partial charge >= 0.3 is 0 Å². The highest BCUT2D eigenvalue weighted by Gasteiger charge is 2.34. The van der Waals surface area contributed by atoms with Gasteiger partial charge in [-0.05, 0) is 69.2 Å². The Morgan fingerprint density at radius 2 is 1.88 bits per heavy atom. The summed E-state index contributed by atoms with van der Waals surface area (Å²) in [7, 11) is 0. The van der Waals surface area contributed by atoms with E-state index in [1.165, 1.54) is 24.1 Å². The third-order valence-corrected chi connectivity index (χ3v) is 7.30. The van der Waals surface area contributed by atoms with Gasteiger partial charge in [0.05, 0.1) is 11.7 Å². The smallest absolute Gasteiger partial charge is 0.235 e. The van der Waals surface area contributed by atoms with Crippen molar-refractivity contribution in [3.05, 3.63) is 93.5 Å². The Bertz CT molecular complexity index is 1240. The number of rotatable bonds is 6. The van der Waals surface area contributed by atoms with Crippen molar-refractivity contribution in [2.45, 2.75) is 65.5 Å². The van der Waals surface area contributed by atoms with E-state index < -0.39 is 0 Å². The fourth-order valence-corrected chi connectivity index (χ4v) is 5.28. The van der Waals surface area contributed by atoms with E-state index in [4.69, 9.17) is 20.9 Å². The monoisotopic (exact) mass is 474 g/mol. The molecule has 0 saturated carbocycles. The normalized spacial score (nSPS) is 18.1. The summed E-state index contributed by atoms with van der Waals surface area (Å²) in [5, 5.41) is 4.97. The number of nitrogens with zero attached hydrogens (tertiary/aromatic N) is 2. The number of hydrogen-bond acceptors (Lipinski definition) is 4.